The molecule has 1 heterocycles. The Morgan fingerprint density at radius 1 is 1.50 bits per heavy atom. The first-order valence-corrected chi connectivity index (χ1v) is 5.86. The van der Waals surface area contributed by atoms with Crippen molar-refractivity contribution in [2.75, 3.05) is 11.9 Å². The second-order valence-corrected chi connectivity index (χ2v) is 3.99. The standard InChI is InChI=1S/C9H18N4S/c1-3-5-7(6-10)11-9-12-8(4-2)13-14-9/h7H,3-6,10H2,1-2H3,(H,11,12,13). The minimum atomic E-state index is 0.331. The van der Waals surface area contributed by atoms with Crippen molar-refractivity contribution < 1.29 is 0 Å². The van der Waals surface area contributed by atoms with Crippen LogP contribution in [0.3, 0.4) is 0 Å². The molecule has 0 spiro atoms. The molecule has 14 heavy (non-hydrogen) atoms. The summed E-state index contributed by atoms with van der Waals surface area (Å²) in [6, 6.07) is 0.331. The summed E-state index contributed by atoms with van der Waals surface area (Å²) in [5.74, 6) is 0.907. The van der Waals surface area contributed by atoms with Crippen molar-refractivity contribution in [3.05, 3.63) is 5.82 Å². The maximum absolute atomic E-state index is 5.64. The van der Waals surface area contributed by atoms with E-state index in [-0.39, 0.29) is 0 Å². The van der Waals surface area contributed by atoms with Gasteiger partial charge < -0.3 is 11.1 Å². The Morgan fingerprint density at radius 2 is 2.29 bits per heavy atom. The normalized spacial score (nSPS) is 12.8. The van der Waals surface area contributed by atoms with Crippen molar-refractivity contribution in [1.82, 2.24) is 9.36 Å². The van der Waals surface area contributed by atoms with E-state index in [4.69, 9.17) is 5.73 Å². The molecule has 0 aliphatic rings. The zero-order valence-electron chi connectivity index (χ0n) is 8.79. The van der Waals surface area contributed by atoms with Crippen molar-refractivity contribution in [1.29, 1.82) is 0 Å². The van der Waals surface area contributed by atoms with Gasteiger partial charge in [0.05, 0.1) is 0 Å². The number of aromatic nitrogens is 2. The highest BCUT2D eigenvalue weighted by Gasteiger charge is 2.08. The Labute approximate surface area is 89.1 Å². The minimum Gasteiger partial charge on any atom is -0.356 e. The highest BCUT2D eigenvalue weighted by Crippen LogP contribution is 2.13. The number of hydrogen-bond acceptors (Lipinski definition) is 5. The van der Waals surface area contributed by atoms with Gasteiger partial charge in [-0.2, -0.15) is 4.37 Å². The molecule has 0 amide bonds. The number of anilines is 1. The van der Waals surface area contributed by atoms with Gasteiger partial charge in [0.1, 0.15) is 5.82 Å². The summed E-state index contributed by atoms with van der Waals surface area (Å²) < 4.78 is 4.21. The zero-order chi connectivity index (χ0) is 10.4. The van der Waals surface area contributed by atoms with E-state index in [2.05, 4.69) is 28.5 Å². The van der Waals surface area contributed by atoms with Gasteiger partial charge >= 0.3 is 0 Å². The second kappa shape index (κ2) is 5.93. The van der Waals surface area contributed by atoms with Gasteiger partial charge in [-0.05, 0) is 6.42 Å². The molecular formula is C9H18N4S. The monoisotopic (exact) mass is 214 g/mol. The third-order valence-electron chi connectivity index (χ3n) is 2.03. The first-order chi connectivity index (χ1) is 6.80. The molecule has 80 valence electrons. The van der Waals surface area contributed by atoms with E-state index in [0.29, 0.717) is 12.6 Å². The summed E-state index contributed by atoms with van der Waals surface area (Å²) in [5, 5.41) is 4.20. The van der Waals surface area contributed by atoms with E-state index < -0.39 is 0 Å². The van der Waals surface area contributed by atoms with Crippen LogP contribution in [0.1, 0.15) is 32.5 Å². The van der Waals surface area contributed by atoms with Crippen LogP contribution < -0.4 is 11.1 Å². The SMILES string of the molecule is CCCC(CN)Nc1nc(CC)ns1. The Balaban J connectivity index is 2.48. The van der Waals surface area contributed by atoms with Crippen molar-refractivity contribution in [2.45, 2.75) is 39.2 Å². The average molecular weight is 214 g/mol. The van der Waals surface area contributed by atoms with Gasteiger partial charge in [0, 0.05) is 30.5 Å². The summed E-state index contributed by atoms with van der Waals surface area (Å²) in [4.78, 5) is 4.34. The number of hydrogen-bond donors (Lipinski definition) is 2. The molecule has 0 bridgehead atoms. The molecule has 1 rings (SSSR count). The van der Waals surface area contributed by atoms with Gasteiger partial charge in [0.25, 0.3) is 0 Å². The van der Waals surface area contributed by atoms with Crippen LogP contribution in [0.4, 0.5) is 5.13 Å². The maximum atomic E-state index is 5.64. The summed E-state index contributed by atoms with van der Waals surface area (Å²) in [6.45, 7) is 4.86. The largest absolute Gasteiger partial charge is 0.356 e. The molecule has 1 aromatic heterocycles. The highest BCUT2D eigenvalue weighted by atomic mass is 32.1. The molecular weight excluding hydrogens is 196 g/mol. The molecule has 0 aliphatic carbocycles. The lowest BCUT2D eigenvalue weighted by atomic mass is 10.2. The molecule has 5 heteroatoms. The van der Waals surface area contributed by atoms with Crippen LogP contribution in [0, 0.1) is 0 Å². The summed E-state index contributed by atoms with van der Waals surface area (Å²) >= 11 is 1.42. The smallest absolute Gasteiger partial charge is 0.202 e. The third kappa shape index (κ3) is 3.23. The molecule has 4 nitrogen and oxygen atoms in total. The van der Waals surface area contributed by atoms with E-state index in [1.54, 1.807) is 0 Å². The van der Waals surface area contributed by atoms with Gasteiger partial charge in [-0.25, -0.2) is 4.98 Å². The molecule has 1 aromatic rings. The number of aryl methyl sites for hydroxylation is 1. The minimum absolute atomic E-state index is 0.331. The number of nitrogens with zero attached hydrogens (tertiary/aromatic N) is 2. The van der Waals surface area contributed by atoms with Crippen LogP contribution in [0.2, 0.25) is 0 Å². The fourth-order valence-corrected chi connectivity index (χ4v) is 1.96. The predicted octanol–water partition coefficient (Wildman–Crippen LogP) is 1.64. The van der Waals surface area contributed by atoms with Crippen LogP contribution in [-0.2, 0) is 6.42 Å². The fraction of sp³-hybridized carbons (Fsp3) is 0.778. The third-order valence-corrected chi connectivity index (χ3v) is 2.72. The van der Waals surface area contributed by atoms with E-state index in [1.165, 1.54) is 11.5 Å². The molecule has 0 radical (unpaired) electrons. The Morgan fingerprint density at radius 3 is 2.79 bits per heavy atom. The van der Waals surface area contributed by atoms with Crippen molar-refractivity contribution in [3.63, 3.8) is 0 Å². The predicted molar refractivity (Wildman–Crippen MR) is 60.7 cm³/mol. The van der Waals surface area contributed by atoms with Crippen molar-refractivity contribution in [3.8, 4) is 0 Å². The van der Waals surface area contributed by atoms with Crippen LogP contribution >= 0.6 is 11.5 Å². The van der Waals surface area contributed by atoms with E-state index in [0.717, 1.165) is 30.2 Å². The van der Waals surface area contributed by atoms with Crippen LogP contribution in [-0.4, -0.2) is 21.9 Å². The lowest BCUT2D eigenvalue weighted by Crippen LogP contribution is -2.28. The molecule has 0 aliphatic heterocycles. The van der Waals surface area contributed by atoms with Crippen LogP contribution in [0.25, 0.3) is 0 Å². The lowest BCUT2D eigenvalue weighted by Gasteiger charge is -2.13. The van der Waals surface area contributed by atoms with Crippen LogP contribution in [0.5, 0.6) is 0 Å². The van der Waals surface area contributed by atoms with Crippen molar-refractivity contribution >= 4 is 16.7 Å². The molecule has 0 fully saturated rings. The van der Waals surface area contributed by atoms with Gasteiger partial charge in [-0.1, -0.05) is 20.3 Å². The first-order valence-electron chi connectivity index (χ1n) is 5.09. The lowest BCUT2D eigenvalue weighted by molar-refractivity contribution is 0.647. The first kappa shape index (κ1) is 11.4. The quantitative estimate of drug-likeness (QED) is 0.755. The summed E-state index contributed by atoms with van der Waals surface area (Å²) in [7, 11) is 0. The maximum Gasteiger partial charge on any atom is 0.202 e. The Kier molecular flexibility index (Phi) is 4.82. The van der Waals surface area contributed by atoms with Crippen LogP contribution in [0.15, 0.2) is 0 Å². The zero-order valence-corrected chi connectivity index (χ0v) is 9.60. The molecule has 0 aromatic carbocycles. The van der Waals surface area contributed by atoms with Gasteiger partial charge in [0.15, 0.2) is 0 Å². The average Bonchev–Trinajstić information content (AvgIpc) is 2.65. The molecule has 0 saturated carbocycles. The summed E-state index contributed by atoms with van der Waals surface area (Å²) in [6.07, 6.45) is 3.10. The highest BCUT2D eigenvalue weighted by molar-refractivity contribution is 7.09. The number of rotatable bonds is 6. The Bertz CT molecular complexity index is 261. The molecule has 1 atom stereocenters. The number of nitrogens with one attached hydrogen (secondary N) is 1. The van der Waals surface area contributed by atoms with E-state index in [9.17, 15) is 0 Å². The molecule has 1 unspecified atom stereocenters. The molecule has 3 N–H and O–H groups in total. The second-order valence-electron chi connectivity index (χ2n) is 3.23. The van der Waals surface area contributed by atoms with Gasteiger partial charge in [0.2, 0.25) is 5.13 Å². The molecule has 0 saturated heterocycles. The summed E-state index contributed by atoms with van der Waals surface area (Å²) in [5.41, 5.74) is 5.64. The fourth-order valence-electron chi connectivity index (χ4n) is 1.23. The van der Waals surface area contributed by atoms with E-state index >= 15 is 0 Å². The van der Waals surface area contributed by atoms with Gasteiger partial charge in [-0.15, -0.1) is 0 Å². The van der Waals surface area contributed by atoms with E-state index in [1.807, 2.05) is 0 Å². The topological polar surface area (TPSA) is 63.8 Å². The van der Waals surface area contributed by atoms with Crippen molar-refractivity contribution in [2.24, 2.45) is 5.73 Å². The number of nitrogens with two attached hydrogens (primary N) is 1. The Hall–Kier alpha value is -0.680. The van der Waals surface area contributed by atoms with Gasteiger partial charge in [-0.3, -0.25) is 0 Å².